The molecule has 31 heavy (non-hydrogen) atoms. The fourth-order valence-corrected chi connectivity index (χ4v) is 4.14. The molecule has 0 bridgehead atoms. The maximum atomic E-state index is 8.97. The summed E-state index contributed by atoms with van der Waals surface area (Å²) in [6, 6.07) is 11.0. The van der Waals surface area contributed by atoms with Crippen LogP contribution < -0.4 is 10.1 Å². The van der Waals surface area contributed by atoms with Crippen molar-refractivity contribution in [3.63, 3.8) is 0 Å². The Kier molecular flexibility index (Phi) is 4.74. The Labute approximate surface area is 187 Å². The van der Waals surface area contributed by atoms with Crippen LogP contribution in [0.25, 0.3) is 33.9 Å². The van der Waals surface area contributed by atoms with E-state index in [9.17, 15) is 0 Å². The van der Waals surface area contributed by atoms with E-state index in [0.29, 0.717) is 33.0 Å². The number of nitrogens with zero attached hydrogens (tertiary/aromatic N) is 4. The second-order valence-corrected chi connectivity index (χ2v) is 7.72. The first-order valence-corrected chi connectivity index (χ1v) is 10.1. The SMILES string of the molecule is CC(C#N)Oc1cc(Cl)c(-c2nc3c([nH]2)-c2ccncc2Nc2ncccc2-3)c(Cl)c1. The van der Waals surface area contributed by atoms with Gasteiger partial charge in [-0.25, -0.2) is 9.97 Å². The van der Waals surface area contributed by atoms with Crippen LogP contribution in [0.2, 0.25) is 10.0 Å². The number of pyridine rings is 2. The molecule has 0 saturated heterocycles. The van der Waals surface area contributed by atoms with Gasteiger partial charge in [-0.1, -0.05) is 23.2 Å². The van der Waals surface area contributed by atoms with Crippen molar-refractivity contribution in [3.8, 4) is 45.7 Å². The number of hydrogen-bond donors (Lipinski definition) is 2. The molecular weight excluding hydrogens is 435 g/mol. The lowest BCUT2D eigenvalue weighted by Crippen LogP contribution is -2.08. The molecule has 9 heteroatoms. The van der Waals surface area contributed by atoms with Gasteiger partial charge in [-0.3, -0.25) is 4.98 Å². The number of nitrogens with one attached hydrogen (secondary N) is 2. The number of rotatable bonds is 3. The number of aromatic nitrogens is 4. The normalized spacial score (nSPS) is 12.5. The molecule has 0 radical (unpaired) electrons. The van der Waals surface area contributed by atoms with E-state index < -0.39 is 6.10 Å². The van der Waals surface area contributed by atoms with E-state index in [1.807, 2.05) is 24.3 Å². The van der Waals surface area contributed by atoms with Gasteiger partial charge in [0.1, 0.15) is 29.2 Å². The Morgan fingerprint density at radius 2 is 1.94 bits per heavy atom. The van der Waals surface area contributed by atoms with E-state index in [-0.39, 0.29) is 0 Å². The zero-order chi connectivity index (χ0) is 21.5. The van der Waals surface area contributed by atoms with E-state index >= 15 is 0 Å². The van der Waals surface area contributed by atoms with E-state index in [1.165, 1.54) is 0 Å². The molecule has 7 nitrogen and oxygen atoms in total. The van der Waals surface area contributed by atoms with Gasteiger partial charge >= 0.3 is 0 Å². The first kappa shape index (κ1) is 19.4. The van der Waals surface area contributed by atoms with Crippen molar-refractivity contribution in [2.45, 2.75) is 13.0 Å². The van der Waals surface area contributed by atoms with E-state index in [2.05, 4.69) is 20.3 Å². The second kappa shape index (κ2) is 7.58. The quantitative estimate of drug-likeness (QED) is 0.358. The molecule has 5 rings (SSSR count). The molecule has 2 N–H and O–H groups in total. The highest BCUT2D eigenvalue weighted by atomic mass is 35.5. The predicted octanol–water partition coefficient (Wildman–Crippen LogP) is 5.86. The minimum absolute atomic E-state index is 0.357. The van der Waals surface area contributed by atoms with Gasteiger partial charge in [-0.2, -0.15) is 5.26 Å². The number of ether oxygens (including phenoxy) is 1. The summed E-state index contributed by atoms with van der Waals surface area (Å²) >= 11 is 13.1. The Balaban J connectivity index is 1.69. The Morgan fingerprint density at radius 1 is 1.13 bits per heavy atom. The Hall–Kier alpha value is -3.60. The van der Waals surface area contributed by atoms with Crippen molar-refractivity contribution < 1.29 is 4.74 Å². The lowest BCUT2D eigenvalue weighted by Gasteiger charge is -2.11. The van der Waals surface area contributed by atoms with Crippen LogP contribution >= 0.6 is 23.2 Å². The molecule has 1 atom stereocenters. The first-order chi connectivity index (χ1) is 15.0. The fourth-order valence-electron chi connectivity index (χ4n) is 3.49. The molecule has 0 aliphatic carbocycles. The Bertz CT molecular complexity index is 1270. The number of halogens is 2. The number of fused-ring (bicyclic) bond motifs is 5. The molecule has 1 aromatic carbocycles. The summed E-state index contributed by atoms with van der Waals surface area (Å²) in [5.41, 5.74) is 4.62. The number of imidazole rings is 1. The molecule has 0 spiro atoms. The summed E-state index contributed by atoms with van der Waals surface area (Å²) in [5, 5.41) is 13.0. The summed E-state index contributed by atoms with van der Waals surface area (Å²) in [4.78, 5) is 16.9. The highest BCUT2D eigenvalue weighted by Gasteiger charge is 2.25. The van der Waals surface area contributed by atoms with Gasteiger partial charge in [0.2, 0.25) is 0 Å². The molecule has 0 amide bonds. The van der Waals surface area contributed by atoms with Crippen LogP contribution in [0.4, 0.5) is 11.5 Å². The zero-order valence-corrected chi connectivity index (χ0v) is 17.7. The van der Waals surface area contributed by atoms with Crippen molar-refractivity contribution in [2.24, 2.45) is 0 Å². The van der Waals surface area contributed by atoms with Crippen LogP contribution in [0.3, 0.4) is 0 Å². The second-order valence-electron chi connectivity index (χ2n) is 6.91. The molecule has 1 unspecified atom stereocenters. The van der Waals surface area contributed by atoms with Crippen molar-refractivity contribution in [1.29, 1.82) is 5.26 Å². The molecule has 0 saturated carbocycles. The Morgan fingerprint density at radius 3 is 2.71 bits per heavy atom. The van der Waals surface area contributed by atoms with Crippen LogP contribution in [0.15, 0.2) is 48.9 Å². The van der Waals surface area contributed by atoms with Crippen molar-refractivity contribution in [3.05, 3.63) is 59.0 Å². The molecular formula is C22H14Cl2N6O. The maximum Gasteiger partial charge on any atom is 0.181 e. The molecule has 0 fully saturated rings. The topological polar surface area (TPSA) is 99.5 Å². The third kappa shape index (κ3) is 3.36. The standard InChI is InChI=1S/C22H14Cl2N6O/c1-11(9-25)31-12-7-15(23)18(16(24)8-12)22-29-19-13-4-6-26-10-17(13)28-21-14(20(19)30-22)3-2-5-27-21/h2-8,10-11H,1H3,(H,27,28)(H,29,30). The van der Waals surface area contributed by atoms with Crippen LogP contribution in [0.1, 0.15) is 6.92 Å². The number of anilines is 2. The molecule has 4 aromatic rings. The summed E-state index contributed by atoms with van der Waals surface area (Å²) < 4.78 is 5.52. The van der Waals surface area contributed by atoms with E-state index in [4.69, 9.17) is 38.2 Å². The van der Waals surface area contributed by atoms with Crippen LogP contribution in [0, 0.1) is 11.3 Å². The molecule has 152 valence electrons. The molecule has 1 aliphatic heterocycles. The van der Waals surface area contributed by atoms with E-state index in [0.717, 1.165) is 28.2 Å². The minimum Gasteiger partial charge on any atom is -0.476 e. The van der Waals surface area contributed by atoms with Gasteiger partial charge in [0, 0.05) is 23.5 Å². The minimum atomic E-state index is -0.626. The average molecular weight is 449 g/mol. The monoisotopic (exact) mass is 448 g/mol. The summed E-state index contributed by atoms with van der Waals surface area (Å²) in [5.74, 6) is 1.61. The van der Waals surface area contributed by atoms with Crippen molar-refractivity contribution in [2.75, 3.05) is 5.32 Å². The third-order valence-corrected chi connectivity index (χ3v) is 5.45. The maximum absolute atomic E-state index is 8.97. The van der Waals surface area contributed by atoms with Gasteiger partial charge in [0.15, 0.2) is 6.10 Å². The summed E-state index contributed by atoms with van der Waals surface area (Å²) in [6.07, 6.45) is 4.55. The van der Waals surface area contributed by atoms with Crippen LogP contribution in [0.5, 0.6) is 5.75 Å². The van der Waals surface area contributed by atoms with E-state index in [1.54, 1.807) is 37.6 Å². The van der Waals surface area contributed by atoms with Gasteiger partial charge in [-0.05, 0) is 37.3 Å². The molecule has 3 aromatic heterocycles. The molecule has 1 aliphatic rings. The fraction of sp³-hybridized carbons (Fsp3) is 0.0909. The van der Waals surface area contributed by atoms with Gasteiger partial charge in [0.25, 0.3) is 0 Å². The van der Waals surface area contributed by atoms with Gasteiger partial charge in [-0.15, -0.1) is 0 Å². The smallest absolute Gasteiger partial charge is 0.181 e. The average Bonchev–Trinajstić information content (AvgIpc) is 3.13. The predicted molar refractivity (Wildman–Crippen MR) is 119 cm³/mol. The van der Waals surface area contributed by atoms with Crippen LogP contribution in [-0.4, -0.2) is 26.0 Å². The summed E-state index contributed by atoms with van der Waals surface area (Å²) in [6.45, 7) is 1.64. The highest BCUT2D eigenvalue weighted by molar-refractivity contribution is 6.39. The van der Waals surface area contributed by atoms with Gasteiger partial charge < -0.3 is 15.0 Å². The van der Waals surface area contributed by atoms with Crippen LogP contribution in [-0.2, 0) is 0 Å². The summed E-state index contributed by atoms with van der Waals surface area (Å²) in [7, 11) is 0. The first-order valence-electron chi connectivity index (χ1n) is 9.37. The van der Waals surface area contributed by atoms with Crippen molar-refractivity contribution >= 4 is 34.7 Å². The number of nitriles is 1. The van der Waals surface area contributed by atoms with Crippen molar-refractivity contribution in [1.82, 2.24) is 19.9 Å². The lowest BCUT2D eigenvalue weighted by molar-refractivity contribution is 0.276. The molecule has 4 heterocycles. The number of hydrogen-bond acceptors (Lipinski definition) is 6. The zero-order valence-electron chi connectivity index (χ0n) is 16.1. The van der Waals surface area contributed by atoms with Gasteiger partial charge in [0.05, 0.1) is 33.2 Å². The third-order valence-electron chi connectivity index (χ3n) is 4.86. The lowest BCUT2D eigenvalue weighted by atomic mass is 10.1. The number of aromatic amines is 1. The number of benzene rings is 1. The largest absolute Gasteiger partial charge is 0.476 e. The number of H-pyrrole nitrogens is 1. The highest BCUT2D eigenvalue weighted by Crippen LogP contribution is 2.45.